The van der Waals surface area contributed by atoms with Gasteiger partial charge in [0.25, 0.3) is 0 Å². The van der Waals surface area contributed by atoms with Gasteiger partial charge in [0, 0.05) is 0 Å². The van der Waals surface area contributed by atoms with Crippen LogP contribution >= 0.6 is 11.6 Å². The molecular formula is C24H26ClF3O2. The van der Waals surface area contributed by atoms with Crippen LogP contribution in [0.15, 0.2) is 59.6 Å². The van der Waals surface area contributed by atoms with Crippen molar-refractivity contribution < 1.29 is 22.7 Å². The van der Waals surface area contributed by atoms with Crippen LogP contribution < -0.4 is 0 Å². The molecule has 0 amide bonds. The predicted molar refractivity (Wildman–Crippen MR) is 114 cm³/mol. The Kier molecular flexibility index (Phi) is 7.75. The average molecular weight is 439 g/mol. The molecule has 0 N–H and O–H groups in total. The lowest BCUT2D eigenvalue weighted by Gasteiger charge is -2.28. The van der Waals surface area contributed by atoms with E-state index >= 15 is 0 Å². The number of hydrogen-bond acceptors (Lipinski definition) is 2. The molecule has 6 heteroatoms. The van der Waals surface area contributed by atoms with E-state index in [9.17, 15) is 18.0 Å². The molecule has 0 unspecified atom stereocenters. The summed E-state index contributed by atoms with van der Waals surface area (Å²) in [4.78, 5) is 12.4. The lowest BCUT2D eigenvalue weighted by molar-refractivity contribution is -0.146. The van der Waals surface area contributed by atoms with Gasteiger partial charge in [0.1, 0.15) is 11.6 Å². The van der Waals surface area contributed by atoms with E-state index in [1.54, 1.807) is 20.8 Å². The number of rotatable bonds is 6. The van der Waals surface area contributed by atoms with E-state index in [2.05, 4.69) is 0 Å². The first kappa shape index (κ1) is 24.0. The summed E-state index contributed by atoms with van der Waals surface area (Å²) in [7, 11) is 0. The summed E-state index contributed by atoms with van der Waals surface area (Å²) in [5.74, 6) is -1.28. The minimum atomic E-state index is -4.63. The van der Waals surface area contributed by atoms with Gasteiger partial charge >= 0.3 is 12.1 Å². The van der Waals surface area contributed by atoms with Crippen molar-refractivity contribution in [3.8, 4) is 11.1 Å². The highest BCUT2D eigenvalue weighted by Gasteiger charge is 2.35. The highest BCUT2D eigenvalue weighted by Crippen LogP contribution is 2.36. The van der Waals surface area contributed by atoms with Gasteiger partial charge < -0.3 is 4.74 Å². The summed E-state index contributed by atoms with van der Waals surface area (Å²) >= 11 is 5.39. The number of benzene rings is 2. The molecule has 2 aromatic carbocycles. The molecule has 0 aliphatic carbocycles. The van der Waals surface area contributed by atoms with E-state index in [1.165, 1.54) is 0 Å². The molecule has 0 saturated heterocycles. The van der Waals surface area contributed by atoms with E-state index in [-0.39, 0.29) is 13.0 Å². The third-order valence-electron chi connectivity index (χ3n) is 5.04. The fraction of sp³-hybridized carbons (Fsp3) is 0.375. The predicted octanol–water partition coefficient (Wildman–Crippen LogP) is 7.44. The SMILES string of the molecule is Cc1c(COC(=O)C[C@H](/C=C(\Cl)C(F)(F)F)C(C)(C)C)cccc1-c1ccccc1. The first-order chi connectivity index (χ1) is 13.9. The van der Waals surface area contributed by atoms with Crippen LogP contribution in [0.5, 0.6) is 0 Å². The van der Waals surface area contributed by atoms with Gasteiger partial charge in [-0.25, -0.2) is 0 Å². The van der Waals surface area contributed by atoms with E-state index in [4.69, 9.17) is 16.3 Å². The van der Waals surface area contributed by atoms with Crippen LogP contribution in [0.3, 0.4) is 0 Å². The topological polar surface area (TPSA) is 26.3 Å². The summed E-state index contributed by atoms with van der Waals surface area (Å²) in [5, 5.41) is -1.22. The zero-order valence-corrected chi connectivity index (χ0v) is 18.3. The molecule has 30 heavy (non-hydrogen) atoms. The lowest BCUT2D eigenvalue weighted by Crippen LogP contribution is -2.24. The molecule has 2 aromatic rings. The van der Waals surface area contributed by atoms with Gasteiger partial charge in [0.05, 0.1) is 6.42 Å². The Morgan fingerprint density at radius 1 is 1.07 bits per heavy atom. The minimum absolute atomic E-state index is 0.0545. The van der Waals surface area contributed by atoms with Gasteiger partial charge in [-0.1, -0.05) is 87.0 Å². The molecule has 0 aliphatic rings. The second-order valence-corrected chi connectivity index (χ2v) is 8.71. The van der Waals surface area contributed by atoms with Crippen molar-refractivity contribution in [3.05, 3.63) is 70.8 Å². The standard InChI is InChI=1S/C24H26ClF3O2/c1-16-18(11-8-12-20(16)17-9-6-5-7-10-17)15-30-22(29)14-19(23(2,3)4)13-21(25)24(26,27)28/h5-13,19H,14-15H2,1-4H3/b21-13-/t19-/m0/s1. The molecule has 0 bridgehead atoms. The Balaban J connectivity index is 2.11. The molecule has 0 aliphatic heterocycles. The number of carbonyl (C=O) groups is 1. The Morgan fingerprint density at radius 2 is 1.70 bits per heavy atom. The maximum absolute atomic E-state index is 12.8. The van der Waals surface area contributed by atoms with Gasteiger partial charge in [-0.05, 0) is 40.5 Å². The van der Waals surface area contributed by atoms with Crippen LogP contribution in [0.25, 0.3) is 11.1 Å². The highest BCUT2D eigenvalue weighted by atomic mass is 35.5. The van der Waals surface area contributed by atoms with Crippen LogP contribution in [-0.2, 0) is 16.1 Å². The summed E-state index contributed by atoms with van der Waals surface area (Å²) in [6.45, 7) is 7.29. The summed E-state index contributed by atoms with van der Waals surface area (Å²) in [6, 6.07) is 15.6. The number of ether oxygens (including phenoxy) is 1. The summed E-state index contributed by atoms with van der Waals surface area (Å²) in [5.41, 5.74) is 3.34. The van der Waals surface area contributed by atoms with Crippen molar-refractivity contribution in [2.75, 3.05) is 0 Å². The van der Waals surface area contributed by atoms with Crippen molar-refractivity contribution in [1.29, 1.82) is 0 Å². The van der Waals surface area contributed by atoms with Gasteiger partial charge in [0.2, 0.25) is 0 Å². The van der Waals surface area contributed by atoms with E-state index in [1.807, 2.05) is 55.5 Å². The van der Waals surface area contributed by atoms with Crippen LogP contribution in [0, 0.1) is 18.3 Å². The third kappa shape index (κ3) is 6.63. The number of carbonyl (C=O) groups excluding carboxylic acids is 1. The monoisotopic (exact) mass is 438 g/mol. The van der Waals surface area contributed by atoms with Crippen LogP contribution in [0.4, 0.5) is 13.2 Å². The van der Waals surface area contributed by atoms with Gasteiger partial charge in [-0.3, -0.25) is 4.79 Å². The maximum Gasteiger partial charge on any atom is 0.426 e. The third-order valence-corrected chi connectivity index (χ3v) is 5.38. The van der Waals surface area contributed by atoms with Crippen LogP contribution in [0.1, 0.15) is 38.3 Å². The van der Waals surface area contributed by atoms with E-state index < -0.39 is 28.5 Å². The van der Waals surface area contributed by atoms with Crippen molar-refractivity contribution in [2.24, 2.45) is 11.3 Å². The normalized spacial score (nSPS) is 13.8. The Morgan fingerprint density at radius 3 is 2.27 bits per heavy atom. The fourth-order valence-electron chi connectivity index (χ4n) is 3.05. The summed E-state index contributed by atoms with van der Waals surface area (Å²) in [6.07, 6.45) is -3.92. The van der Waals surface area contributed by atoms with Crippen LogP contribution in [0.2, 0.25) is 0 Å². The molecule has 0 heterocycles. The number of hydrogen-bond donors (Lipinski definition) is 0. The van der Waals surface area contributed by atoms with Crippen molar-refractivity contribution >= 4 is 17.6 Å². The molecule has 162 valence electrons. The molecule has 0 radical (unpaired) electrons. The number of esters is 1. The summed E-state index contributed by atoms with van der Waals surface area (Å²) < 4.78 is 43.8. The van der Waals surface area contributed by atoms with E-state index in [0.29, 0.717) is 0 Å². The van der Waals surface area contributed by atoms with Crippen molar-refractivity contribution in [3.63, 3.8) is 0 Å². The zero-order chi connectivity index (χ0) is 22.5. The Labute approximate surface area is 180 Å². The minimum Gasteiger partial charge on any atom is -0.461 e. The Bertz CT molecular complexity index is 897. The van der Waals surface area contributed by atoms with Gasteiger partial charge in [-0.2, -0.15) is 13.2 Å². The molecule has 2 nitrogen and oxygen atoms in total. The molecular weight excluding hydrogens is 413 g/mol. The van der Waals surface area contributed by atoms with Gasteiger partial charge in [-0.15, -0.1) is 0 Å². The average Bonchev–Trinajstić information content (AvgIpc) is 2.65. The molecule has 1 atom stereocenters. The smallest absolute Gasteiger partial charge is 0.426 e. The number of halogens is 4. The molecule has 0 aromatic heterocycles. The molecule has 0 fully saturated rings. The van der Waals surface area contributed by atoms with E-state index in [0.717, 1.165) is 28.3 Å². The first-order valence-corrected chi connectivity index (χ1v) is 10.0. The maximum atomic E-state index is 12.8. The van der Waals surface area contributed by atoms with Crippen molar-refractivity contribution in [2.45, 2.75) is 46.9 Å². The quantitative estimate of drug-likeness (QED) is 0.438. The van der Waals surface area contributed by atoms with Gasteiger partial charge in [0.15, 0.2) is 0 Å². The zero-order valence-electron chi connectivity index (χ0n) is 17.5. The highest BCUT2D eigenvalue weighted by molar-refractivity contribution is 6.30. The second-order valence-electron chi connectivity index (χ2n) is 8.31. The Hall–Kier alpha value is -2.27. The number of alkyl halides is 3. The molecule has 2 rings (SSSR count). The second kappa shape index (κ2) is 9.69. The first-order valence-electron chi connectivity index (χ1n) is 9.63. The van der Waals surface area contributed by atoms with Crippen LogP contribution in [-0.4, -0.2) is 12.1 Å². The molecule has 0 saturated carbocycles. The number of allylic oxidation sites excluding steroid dienone is 2. The fourth-order valence-corrected chi connectivity index (χ4v) is 3.21. The lowest BCUT2D eigenvalue weighted by atomic mass is 9.78. The molecule has 0 spiro atoms. The van der Waals surface area contributed by atoms with Crippen molar-refractivity contribution in [1.82, 2.24) is 0 Å². The largest absolute Gasteiger partial charge is 0.461 e.